The van der Waals surface area contributed by atoms with Gasteiger partial charge in [0.1, 0.15) is 0 Å². The van der Waals surface area contributed by atoms with Crippen molar-refractivity contribution in [2.24, 2.45) is 5.73 Å². The number of aryl methyl sites for hydroxylation is 1. The molecule has 0 aliphatic carbocycles. The van der Waals surface area contributed by atoms with E-state index in [0.717, 1.165) is 11.4 Å². The summed E-state index contributed by atoms with van der Waals surface area (Å²) >= 11 is 6.16. The normalized spacial score (nSPS) is 11.9. The van der Waals surface area contributed by atoms with Crippen LogP contribution in [0.1, 0.15) is 96.1 Å². The third kappa shape index (κ3) is 8.77. The molecule has 1 nitrogen and oxygen atoms in total. The first-order valence-corrected chi connectivity index (χ1v) is 9.90. The predicted molar refractivity (Wildman–Crippen MR) is 104 cm³/mol. The Bertz CT molecular complexity index is 434. The van der Waals surface area contributed by atoms with Crippen LogP contribution < -0.4 is 5.73 Å². The van der Waals surface area contributed by atoms with Gasteiger partial charge >= 0.3 is 0 Å². The summed E-state index contributed by atoms with van der Waals surface area (Å²) in [7, 11) is 0. The second kappa shape index (κ2) is 11.1. The third-order valence-corrected chi connectivity index (χ3v) is 4.80. The molecule has 0 saturated carbocycles. The molecule has 0 spiro atoms. The topological polar surface area (TPSA) is 26.0 Å². The summed E-state index contributed by atoms with van der Waals surface area (Å²) in [5.74, 6) is 0. The number of hydrogen-bond acceptors (Lipinski definition) is 1. The average molecular weight is 338 g/mol. The zero-order valence-electron chi connectivity index (χ0n) is 15.5. The van der Waals surface area contributed by atoms with Gasteiger partial charge in [0.05, 0.1) is 0 Å². The molecule has 23 heavy (non-hydrogen) atoms. The standard InChI is InChI=1S/C21H36ClN/c1-4-5-6-7-8-9-10-11-12-13-14-18-17-19(22)15-16-20(18)21(2,3)23/h15-17H,4-14,23H2,1-3H3. The Labute approximate surface area is 149 Å². The molecule has 0 aliphatic rings. The lowest BCUT2D eigenvalue weighted by Crippen LogP contribution is -2.30. The fourth-order valence-corrected chi connectivity index (χ4v) is 3.40. The first-order chi connectivity index (χ1) is 10.9. The van der Waals surface area contributed by atoms with Crippen LogP contribution in [0.25, 0.3) is 0 Å². The highest BCUT2D eigenvalue weighted by molar-refractivity contribution is 6.30. The summed E-state index contributed by atoms with van der Waals surface area (Å²) in [6.45, 7) is 6.41. The van der Waals surface area contributed by atoms with E-state index in [1.165, 1.54) is 75.3 Å². The van der Waals surface area contributed by atoms with Crippen LogP contribution in [-0.2, 0) is 12.0 Å². The van der Waals surface area contributed by atoms with Crippen LogP contribution in [0.3, 0.4) is 0 Å². The van der Waals surface area contributed by atoms with Crippen molar-refractivity contribution in [3.8, 4) is 0 Å². The Morgan fingerprint density at radius 2 is 1.39 bits per heavy atom. The van der Waals surface area contributed by atoms with Crippen molar-refractivity contribution in [1.29, 1.82) is 0 Å². The molecule has 0 bridgehead atoms. The molecule has 0 aromatic heterocycles. The molecule has 0 fully saturated rings. The molecule has 0 unspecified atom stereocenters. The number of rotatable bonds is 12. The van der Waals surface area contributed by atoms with E-state index < -0.39 is 0 Å². The summed E-state index contributed by atoms with van der Waals surface area (Å²) in [6.07, 6.45) is 14.8. The zero-order chi connectivity index (χ0) is 17.1. The number of benzene rings is 1. The van der Waals surface area contributed by atoms with Crippen LogP contribution in [0.15, 0.2) is 18.2 Å². The molecule has 0 radical (unpaired) electrons. The maximum absolute atomic E-state index is 6.28. The number of hydrogen-bond donors (Lipinski definition) is 1. The summed E-state index contributed by atoms with van der Waals surface area (Å²) in [4.78, 5) is 0. The maximum Gasteiger partial charge on any atom is 0.0408 e. The molecule has 1 aromatic carbocycles. The molecule has 2 heteroatoms. The van der Waals surface area contributed by atoms with Gasteiger partial charge < -0.3 is 5.73 Å². The fraction of sp³-hybridized carbons (Fsp3) is 0.714. The zero-order valence-corrected chi connectivity index (χ0v) is 16.2. The SMILES string of the molecule is CCCCCCCCCCCCc1cc(Cl)ccc1C(C)(C)N. The molecule has 2 N–H and O–H groups in total. The van der Waals surface area contributed by atoms with Gasteiger partial charge in [-0.2, -0.15) is 0 Å². The molecule has 132 valence electrons. The highest BCUT2D eigenvalue weighted by atomic mass is 35.5. The minimum absolute atomic E-state index is 0.293. The second-order valence-corrected chi connectivity index (χ2v) is 7.89. The lowest BCUT2D eigenvalue weighted by molar-refractivity contribution is 0.538. The fourth-order valence-electron chi connectivity index (χ4n) is 3.20. The number of nitrogens with two attached hydrogens (primary N) is 1. The van der Waals surface area contributed by atoms with Gasteiger partial charge in [0, 0.05) is 10.6 Å². The van der Waals surface area contributed by atoms with Crippen molar-refractivity contribution in [2.45, 2.75) is 96.9 Å². The van der Waals surface area contributed by atoms with Crippen molar-refractivity contribution >= 4 is 11.6 Å². The molecular weight excluding hydrogens is 302 g/mol. The predicted octanol–water partition coefficient (Wildman–Crippen LogP) is 7.00. The van der Waals surface area contributed by atoms with Crippen molar-refractivity contribution in [2.75, 3.05) is 0 Å². The van der Waals surface area contributed by atoms with Gasteiger partial charge in [0.25, 0.3) is 0 Å². The van der Waals surface area contributed by atoms with Gasteiger partial charge in [-0.05, 0) is 49.9 Å². The highest BCUT2D eigenvalue weighted by Crippen LogP contribution is 2.26. The molecule has 0 heterocycles. The number of halogens is 1. The van der Waals surface area contributed by atoms with Gasteiger partial charge in [-0.1, -0.05) is 82.4 Å². The van der Waals surface area contributed by atoms with Gasteiger partial charge in [-0.25, -0.2) is 0 Å². The Hall–Kier alpha value is -0.530. The third-order valence-electron chi connectivity index (χ3n) is 4.56. The first-order valence-electron chi connectivity index (χ1n) is 9.53. The number of unbranched alkanes of at least 4 members (excludes halogenated alkanes) is 9. The van der Waals surface area contributed by atoms with Gasteiger partial charge in [-0.3, -0.25) is 0 Å². The van der Waals surface area contributed by atoms with Gasteiger partial charge in [-0.15, -0.1) is 0 Å². The molecule has 0 amide bonds. The van der Waals surface area contributed by atoms with Crippen molar-refractivity contribution < 1.29 is 0 Å². The quantitative estimate of drug-likeness (QED) is 0.408. The van der Waals surface area contributed by atoms with Crippen LogP contribution in [0.2, 0.25) is 5.02 Å². The molecule has 1 aromatic rings. The van der Waals surface area contributed by atoms with Crippen molar-refractivity contribution in [3.05, 3.63) is 34.3 Å². The summed E-state index contributed by atoms with van der Waals surface area (Å²) < 4.78 is 0. The van der Waals surface area contributed by atoms with Crippen molar-refractivity contribution in [1.82, 2.24) is 0 Å². The van der Waals surface area contributed by atoms with Crippen LogP contribution in [0, 0.1) is 0 Å². The van der Waals surface area contributed by atoms with E-state index in [0.29, 0.717) is 0 Å². The Balaban J connectivity index is 2.22. The van der Waals surface area contributed by atoms with Crippen LogP contribution in [0.5, 0.6) is 0 Å². The maximum atomic E-state index is 6.28. The lowest BCUT2D eigenvalue weighted by Gasteiger charge is -2.23. The molecule has 0 aliphatic heterocycles. The molecular formula is C21H36ClN. The largest absolute Gasteiger partial charge is 0.322 e. The van der Waals surface area contributed by atoms with E-state index >= 15 is 0 Å². The average Bonchev–Trinajstić information content (AvgIpc) is 2.48. The lowest BCUT2D eigenvalue weighted by atomic mass is 9.88. The van der Waals surface area contributed by atoms with E-state index in [1.54, 1.807) is 0 Å². The first kappa shape index (κ1) is 20.5. The van der Waals surface area contributed by atoms with Gasteiger partial charge in [0.15, 0.2) is 0 Å². The minimum atomic E-state index is -0.293. The highest BCUT2D eigenvalue weighted by Gasteiger charge is 2.18. The molecule has 1 rings (SSSR count). The summed E-state index contributed by atoms with van der Waals surface area (Å²) in [5.41, 5.74) is 8.55. The van der Waals surface area contributed by atoms with Crippen LogP contribution >= 0.6 is 11.6 Å². The van der Waals surface area contributed by atoms with Gasteiger partial charge in [0.2, 0.25) is 0 Å². The van der Waals surface area contributed by atoms with Crippen molar-refractivity contribution in [3.63, 3.8) is 0 Å². The monoisotopic (exact) mass is 337 g/mol. The Morgan fingerprint density at radius 1 is 0.870 bits per heavy atom. The summed E-state index contributed by atoms with van der Waals surface area (Å²) in [5, 5.41) is 0.820. The summed E-state index contributed by atoms with van der Waals surface area (Å²) in [6, 6.07) is 6.14. The van der Waals surface area contributed by atoms with E-state index in [4.69, 9.17) is 17.3 Å². The van der Waals surface area contributed by atoms with Crippen LogP contribution in [0.4, 0.5) is 0 Å². The second-order valence-electron chi connectivity index (χ2n) is 7.46. The van der Waals surface area contributed by atoms with E-state index in [9.17, 15) is 0 Å². The Kier molecular flexibility index (Phi) is 9.90. The minimum Gasteiger partial charge on any atom is -0.322 e. The molecule has 0 saturated heterocycles. The van der Waals surface area contributed by atoms with Crippen LogP contribution in [-0.4, -0.2) is 0 Å². The van der Waals surface area contributed by atoms with E-state index in [-0.39, 0.29) is 5.54 Å². The Morgan fingerprint density at radius 3 is 1.91 bits per heavy atom. The van der Waals surface area contributed by atoms with E-state index in [1.807, 2.05) is 6.07 Å². The smallest absolute Gasteiger partial charge is 0.0408 e. The molecule has 0 atom stereocenters. The van der Waals surface area contributed by atoms with E-state index in [2.05, 4.69) is 32.9 Å².